The van der Waals surface area contributed by atoms with Gasteiger partial charge in [0.15, 0.2) is 9.84 Å². The van der Waals surface area contributed by atoms with E-state index in [0.29, 0.717) is 12.4 Å². The van der Waals surface area contributed by atoms with Crippen LogP contribution in [-0.2, 0) is 9.84 Å². The number of carbonyl (C=O) groups is 1. The van der Waals surface area contributed by atoms with Crippen LogP contribution in [0.2, 0.25) is 0 Å². The molecule has 1 atom stereocenters. The summed E-state index contributed by atoms with van der Waals surface area (Å²) in [5.74, 6) is -0.488. The maximum atomic E-state index is 11.4. The van der Waals surface area contributed by atoms with Gasteiger partial charge in [0.1, 0.15) is 0 Å². The lowest BCUT2D eigenvalue weighted by molar-refractivity contribution is 0.0696. The monoisotopic (exact) mass is 271 g/mol. The van der Waals surface area contributed by atoms with E-state index in [1.54, 1.807) is 11.9 Å². The maximum Gasteiger partial charge on any atom is 0.338 e. The molecule has 1 aliphatic rings. The molecule has 0 aromatic carbocycles. The first-order chi connectivity index (χ1) is 8.39. The second-order valence-corrected chi connectivity index (χ2v) is 6.47. The highest BCUT2D eigenvalue weighted by atomic mass is 32.2. The van der Waals surface area contributed by atoms with Crippen LogP contribution in [0.4, 0.5) is 5.95 Å². The van der Waals surface area contributed by atoms with Crippen molar-refractivity contribution in [2.45, 2.75) is 12.5 Å². The average molecular weight is 271 g/mol. The molecular weight excluding hydrogens is 258 g/mol. The van der Waals surface area contributed by atoms with E-state index in [0.717, 1.165) is 0 Å². The molecule has 1 aromatic rings. The normalized spacial score (nSPS) is 21.7. The summed E-state index contributed by atoms with van der Waals surface area (Å²) in [6, 6.07) is -0.148. The Morgan fingerprint density at radius 3 is 2.50 bits per heavy atom. The van der Waals surface area contributed by atoms with Gasteiger partial charge in [-0.2, -0.15) is 0 Å². The first-order valence-corrected chi connectivity index (χ1v) is 7.20. The number of carboxylic acid groups (broad SMARTS) is 1. The zero-order valence-electron chi connectivity index (χ0n) is 9.78. The summed E-state index contributed by atoms with van der Waals surface area (Å²) in [5, 5.41) is 8.72. The largest absolute Gasteiger partial charge is 0.478 e. The van der Waals surface area contributed by atoms with Gasteiger partial charge in [0.05, 0.1) is 17.1 Å². The molecule has 0 saturated carbocycles. The Labute approximate surface area is 104 Å². The van der Waals surface area contributed by atoms with Crippen molar-refractivity contribution in [3.63, 3.8) is 0 Å². The van der Waals surface area contributed by atoms with Gasteiger partial charge in [-0.05, 0) is 6.42 Å². The van der Waals surface area contributed by atoms with Crippen molar-refractivity contribution in [3.05, 3.63) is 18.0 Å². The van der Waals surface area contributed by atoms with E-state index in [4.69, 9.17) is 5.11 Å². The second kappa shape index (κ2) is 4.52. The van der Waals surface area contributed by atoms with Crippen molar-refractivity contribution in [2.75, 3.05) is 23.5 Å². The van der Waals surface area contributed by atoms with Crippen LogP contribution in [0.15, 0.2) is 12.4 Å². The molecule has 1 aromatic heterocycles. The second-order valence-electron chi connectivity index (χ2n) is 4.24. The van der Waals surface area contributed by atoms with Gasteiger partial charge in [-0.25, -0.2) is 23.2 Å². The smallest absolute Gasteiger partial charge is 0.338 e. The van der Waals surface area contributed by atoms with E-state index >= 15 is 0 Å². The summed E-state index contributed by atoms with van der Waals surface area (Å²) in [4.78, 5) is 20.2. The van der Waals surface area contributed by atoms with Gasteiger partial charge in [-0.15, -0.1) is 0 Å². The molecule has 98 valence electrons. The molecule has 1 aliphatic heterocycles. The van der Waals surface area contributed by atoms with Crippen molar-refractivity contribution < 1.29 is 18.3 Å². The summed E-state index contributed by atoms with van der Waals surface area (Å²) < 4.78 is 22.7. The van der Waals surface area contributed by atoms with Crippen LogP contribution in [0.3, 0.4) is 0 Å². The lowest BCUT2D eigenvalue weighted by atomic mass is 10.2. The SMILES string of the molecule is CN(c1ncc(C(=O)O)cn1)C1CCS(=O)(=O)C1. The Bertz CT molecular complexity index is 555. The van der Waals surface area contributed by atoms with E-state index in [9.17, 15) is 13.2 Å². The van der Waals surface area contributed by atoms with Gasteiger partial charge in [-0.3, -0.25) is 0 Å². The fourth-order valence-electron chi connectivity index (χ4n) is 1.86. The van der Waals surface area contributed by atoms with Crippen LogP contribution in [-0.4, -0.2) is 54.1 Å². The van der Waals surface area contributed by atoms with Gasteiger partial charge < -0.3 is 10.0 Å². The summed E-state index contributed by atoms with van der Waals surface area (Å²) in [6.07, 6.45) is 2.97. The maximum absolute atomic E-state index is 11.4. The predicted octanol–water partition coefficient (Wildman–Crippen LogP) is -0.202. The van der Waals surface area contributed by atoms with Crippen LogP contribution in [0.25, 0.3) is 0 Å². The zero-order chi connectivity index (χ0) is 13.3. The molecule has 1 fully saturated rings. The molecule has 2 rings (SSSR count). The highest BCUT2D eigenvalue weighted by molar-refractivity contribution is 7.91. The first kappa shape index (κ1) is 12.7. The molecular formula is C10H13N3O4S. The minimum atomic E-state index is -2.96. The lowest BCUT2D eigenvalue weighted by Crippen LogP contribution is -2.33. The number of aromatic nitrogens is 2. The third kappa shape index (κ3) is 2.58. The van der Waals surface area contributed by atoms with E-state index < -0.39 is 15.8 Å². The van der Waals surface area contributed by atoms with Gasteiger partial charge >= 0.3 is 5.97 Å². The van der Waals surface area contributed by atoms with Crippen LogP contribution in [0.1, 0.15) is 16.8 Å². The minimum absolute atomic E-state index is 0.00573. The molecule has 7 nitrogen and oxygen atoms in total. The number of anilines is 1. The van der Waals surface area contributed by atoms with Crippen molar-refractivity contribution in [1.82, 2.24) is 9.97 Å². The van der Waals surface area contributed by atoms with E-state index in [1.165, 1.54) is 12.4 Å². The summed E-state index contributed by atoms with van der Waals surface area (Å²) in [6.45, 7) is 0. The van der Waals surface area contributed by atoms with E-state index in [2.05, 4.69) is 9.97 Å². The van der Waals surface area contributed by atoms with Gasteiger partial charge in [0, 0.05) is 25.5 Å². The van der Waals surface area contributed by atoms with E-state index in [1.807, 2.05) is 0 Å². The van der Waals surface area contributed by atoms with Crippen LogP contribution >= 0.6 is 0 Å². The molecule has 0 bridgehead atoms. The molecule has 0 aliphatic carbocycles. The third-order valence-corrected chi connectivity index (χ3v) is 4.71. The number of sulfone groups is 1. The van der Waals surface area contributed by atoms with Crippen LogP contribution in [0, 0.1) is 0 Å². The number of hydrogen-bond donors (Lipinski definition) is 1. The molecule has 8 heteroatoms. The quantitative estimate of drug-likeness (QED) is 0.812. The first-order valence-electron chi connectivity index (χ1n) is 5.37. The number of nitrogens with zero attached hydrogens (tertiary/aromatic N) is 3. The van der Waals surface area contributed by atoms with Crippen molar-refractivity contribution in [2.24, 2.45) is 0 Å². The summed E-state index contributed by atoms with van der Waals surface area (Å²) >= 11 is 0. The number of aromatic carboxylic acids is 1. The number of carboxylic acids is 1. The molecule has 2 heterocycles. The highest BCUT2D eigenvalue weighted by Crippen LogP contribution is 2.19. The predicted molar refractivity (Wildman–Crippen MR) is 64.5 cm³/mol. The topological polar surface area (TPSA) is 100 Å². The Morgan fingerprint density at radius 2 is 2.06 bits per heavy atom. The fraction of sp³-hybridized carbons (Fsp3) is 0.500. The zero-order valence-corrected chi connectivity index (χ0v) is 10.6. The molecule has 0 spiro atoms. The lowest BCUT2D eigenvalue weighted by Gasteiger charge is -2.22. The molecule has 1 unspecified atom stereocenters. The molecule has 0 radical (unpaired) electrons. The Balaban J connectivity index is 2.14. The minimum Gasteiger partial charge on any atom is -0.478 e. The van der Waals surface area contributed by atoms with Crippen molar-refractivity contribution in [1.29, 1.82) is 0 Å². The molecule has 1 saturated heterocycles. The standard InChI is InChI=1S/C10H13N3O4S/c1-13(8-2-3-18(16,17)6-8)10-11-4-7(5-12-10)9(14)15/h4-5,8H,2-3,6H2,1H3,(H,14,15). The summed E-state index contributed by atoms with van der Waals surface area (Å²) in [5.41, 5.74) is 0.00573. The number of rotatable bonds is 3. The Hall–Kier alpha value is -1.70. The van der Waals surface area contributed by atoms with Crippen molar-refractivity contribution >= 4 is 21.8 Å². The number of hydrogen-bond acceptors (Lipinski definition) is 6. The van der Waals surface area contributed by atoms with Crippen LogP contribution in [0.5, 0.6) is 0 Å². The third-order valence-electron chi connectivity index (χ3n) is 2.96. The van der Waals surface area contributed by atoms with Crippen molar-refractivity contribution in [3.8, 4) is 0 Å². The Kier molecular flexibility index (Phi) is 3.20. The fourth-order valence-corrected chi connectivity index (χ4v) is 3.63. The summed E-state index contributed by atoms with van der Waals surface area (Å²) in [7, 11) is -1.25. The molecule has 0 amide bonds. The average Bonchev–Trinajstić information content (AvgIpc) is 2.69. The van der Waals surface area contributed by atoms with Crippen LogP contribution < -0.4 is 4.90 Å². The Morgan fingerprint density at radius 1 is 1.44 bits per heavy atom. The van der Waals surface area contributed by atoms with Gasteiger partial charge in [-0.1, -0.05) is 0 Å². The van der Waals surface area contributed by atoms with Gasteiger partial charge in [0.2, 0.25) is 5.95 Å². The van der Waals surface area contributed by atoms with Gasteiger partial charge in [0.25, 0.3) is 0 Å². The van der Waals surface area contributed by atoms with E-state index in [-0.39, 0.29) is 23.1 Å². The molecule has 18 heavy (non-hydrogen) atoms. The highest BCUT2D eigenvalue weighted by Gasteiger charge is 2.31. The molecule has 1 N–H and O–H groups in total.